The Bertz CT molecular complexity index is 922. The maximum atomic E-state index is 13.4. The first kappa shape index (κ1) is 22.6. The van der Waals surface area contributed by atoms with Crippen LogP contribution in [0.25, 0.3) is 0 Å². The zero-order chi connectivity index (χ0) is 22.1. The van der Waals surface area contributed by atoms with Gasteiger partial charge in [0.1, 0.15) is 11.6 Å². The number of carbonyl (C=O) groups excluding carboxylic acids is 1. The van der Waals surface area contributed by atoms with Crippen LogP contribution in [0.3, 0.4) is 0 Å². The fraction of sp³-hybridized carbons (Fsp3) is 0.318. The highest BCUT2D eigenvalue weighted by Crippen LogP contribution is 2.31. The molecule has 31 heavy (non-hydrogen) atoms. The van der Waals surface area contributed by atoms with Crippen molar-refractivity contribution in [1.82, 2.24) is 10.3 Å². The molecule has 9 heteroatoms. The smallest absolute Gasteiger partial charge is 0.250 e. The number of amides is 1. The molecule has 0 aliphatic heterocycles. The highest BCUT2D eigenvalue weighted by Gasteiger charge is 2.28. The summed E-state index contributed by atoms with van der Waals surface area (Å²) >= 11 is 1.29. The number of nitrogens with two attached hydrogens (primary N) is 1. The van der Waals surface area contributed by atoms with Crippen LogP contribution in [0, 0.1) is 5.82 Å². The molecular weight excluding hydrogens is 417 g/mol. The Hall–Kier alpha value is -3.07. The minimum atomic E-state index is -0.329. The fourth-order valence-electron chi connectivity index (χ4n) is 3.49. The maximum Gasteiger partial charge on any atom is 0.250 e. The van der Waals surface area contributed by atoms with Gasteiger partial charge in [0, 0.05) is 11.6 Å². The number of nitrogens with zero attached hydrogens (tertiary/aromatic N) is 3. The van der Waals surface area contributed by atoms with Crippen LogP contribution in [0.5, 0.6) is 0 Å². The van der Waals surface area contributed by atoms with Crippen LogP contribution >= 0.6 is 11.8 Å². The summed E-state index contributed by atoms with van der Waals surface area (Å²) < 4.78 is 18.5. The van der Waals surface area contributed by atoms with Gasteiger partial charge in [-0.1, -0.05) is 37.6 Å². The molecule has 1 aliphatic rings. The van der Waals surface area contributed by atoms with E-state index in [9.17, 15) is 9.18 Å². The van der Waals surface area contributed by atoms with Crippen LogP contribution in [-0.2, 0) is 4.79 Å². The zero-order valence-electron chi connectivity index (χ0n) is 17.2. The summed E-state index contributed by atoms with van der Waals surface area (Å²) in [7, 11) is 0. The van der Waals surface area contributed by atoms with Gasteiger partial charge in [-0.2, -0.15) is 10.2 Å². The van der Waals surface area contributed by atoms with Gasteiger partial charge in [0.15, 0.2) is 5.84 Å². The van der Waals surface area contributed by atoms with Crippen LogP contribution in [0.4, 0.5) is 4.39 Å². The molecule has 1 aromatic carbocycles. The molecule has 0 unspecified atom stereocenters. The van der Waals surface area contributed by atoms with Gasteiger partial charge >= 0.3 is 0 Å². The molecule has 0 atom stereocenters. The third-order valence-electron chi connectivity index (χ3n) is 4.96. The van der Waals surface area contributed by atoms with E-state index >= 15 is 0 Å². The second-order valence-corrected chi connectivity index (χ2v) is 8.16. The number of furan rings is 1. The average molecular weight is 444 g/mol. The normalized spacial score (nSPS) is 15.2. The van der Waals surface area contributed by atoms with Crippen molar-refractivity contribution in [2.24, 2.45) is 16.0 Å². The molecular formula is C22H26FN5O2S. The summed E-state index contributed by atoms with van der Waals surface area (Å²) in [5.41, 5.74) is 3.17. The standard InChI is InChI=1S/C22H26FN5O2S/c1-16(31-15-21(29)27-25-14-20-8-5-13-30-20)28(19-6-3-2-4-7-19)22(26-24)17-9-11-18(23)12-10-17/h5,8-14,19H,1-4,6-7,15,24H2,(H,27,29)/b25-14+,26-22-. The summed E-state index contributed by atoms with van der Waals surface area (Å²) in [6, 6.07) is 9.68. The van der Waals surface area contributed by atoms with Crippen molar-refractivity contribution in [2.75, 3.05) is 5.75 Å². The fourth-order valence-corrected chi connectivity index (χ4v) is 4.23. The number of hydrazone groups is 2. The topological polar surface area (TPSA) is 96.2 Å². The highest BCUT2D eigenvalue weighted by molar-refractivity contribution is 8.03. The molecule has 3 N–H and O–H groups in total. The monoisotopic (exact) mass is 443 g/mol. The molecule has 2 aromatic rings. The van der Waals surface area contributed by atoms with Crippen LogP contribution < -0.4 is 11.3 Å². The van der Waals surface area contributed by atoms with Crippen molar-refractivity contribution < 1.29 is 13.6 Å². The Morgan fingerprint density at radius 2 is 2.03 bits per heavy atom. The van der Waals surface area contributed by atoms with Crippen molar-refractivity contribution >= 4 is 29.7 Å². The van der Waals surface area contributed by atoms with Crippen molar-refractivity contribution in [1.29, 1.82) is 0 Å². The number of amidine groups is 1. The minimum Gasteiger partial charge on any atom is -0.463 e. The lowest BCUT2D eigenvalue weighted by molar-refractivity contribution is -0.118. The van der Waals surface area contributed by atoms with Gasteiger partial charge in [0.25, 0.3) is 0 Å². The third kappa shape index (κ3) is 6.45. The van der Waals surface area contributed by atoms with Gasteiger partial charge in [0.05, 0.1) is 23.3 Å². The van der Waals surface area contributed by atoms with Crippen molar-refractivity contribution in [3.8, 4) is 0 Å². The molecule has 1 fully saturated rings. The van der Waals surface area contributed by atoms with E-state index in [1.807, 2.05) is 4.90 Å². The molecule has 0 bridgehead atoms. The van der Waals surface area contributed by atoms with E-state index in [-0.39, 0.29) is 23.5 Å². The number of halogens is 1. The number of rotatable bonds is 8. The van der Waals surface area contributed by atoms with Gasteiger partial charge in [-0.15, -0.1) is 0 Å². The maximum absolute atomic E-state index is 13.4. The van der Waals surface area contributed by atoms with Crippen molar-refractivity contribution in [3.63, 3.8) is 0 Å². The molecule has 1 aliphatic carbocycles. The molecule has 7 nitrogen and oxygen atoms in total. The van der Waals surface area contributed by atoms with Gasteiger partial charge in [-0.05, 0) is 49.2 Å². The van der Waals surface area contributed by atoms with Crippen LogP contribution in [0.2, 0.25) is 0 Å². The highest BCUT2D eigenvalue weighted by atomic mass is 32.2. The number of benzene rings is 1. The molecule has 0 spiro atoms. The number of thioether (sulfide) groups is 1. The van der Waals surface area contributed by atoms with Gasteiger partial charge in [-0.3, -0.25) is 4.79 Å². The lowest BCUT2D eigenvalue weighted by Gasteiger charge is -2.37. The Kier molecular flexibility index (Phi) is 8.28. The second-order valence-electron chi connectivity index (χ2n) is 7.11. The van der Waals surface area contributed by atoms with Crippen molar-refractivity contribution in [2.45, 2.75) is 38.1 Å². The first-order chi connectivity index (χ1) is 15.1. The predicted molar refractivity (Wildman–Crippen MR) is 122 cm³/mol. The number of hydrogen-bond donors (Lipinski definition) is 2. The average Bonchev–Trinajstić information content (AvgIpc) is 3.31. The Morgan fingerprint density at radius 1 is 1.29 bits per heavy atom. The Morgan fingerprint density at radius 3 is 2.68 bits per heavy atom. The molecule has 164 valence electrons. The van der Waals surface area contributed by atoms with E-state index in [2.05, 4.69) is 22.2 Å². The van der Waals surface area contributed by atoms with Crippen LogP contribution in [0.15, 0.2) is 68.9 Å². The van der Waals surface area contributed by atoms with E-state index in [1.165, 1.54) is 42.8 Å². The summed E-state index contributed by atoms with van der Waals surface area (Å²) in [5.74, 6) is 6.33. The molecule has 1 heterocycles. The SMILES string of the molecule is C=C(SCC(=O)N/N=C/c1ccco1)N(/C(=N\N)c1ccc(F)cc1)C1CCCCC1. The molecule has 1 amide bonds. The number of hydrogen-bond acceptors (Lipinski definition) is 6. The van der Waals surface area contributed by atoms with Gasteiger partial charge in [-0.25, -0.2) is 9.82 Å². The molecule has 0 radical (unpaired) electrons. The quantitative estimate of drug-likeness (QED) is 0.278. The minimum absolute atomic E-state index is 0.124. The lowest BCUT2D eigenvalue weighted by Crippen LogP contribution is -2.41. The molecule has 1 saturated carbocycles. The third-order valence-corrected chi connectivity index (χ3v) is 5.89. The van der Waals surface area contributed by atoms with Gasteiger partial charge < -0.3 is 15.2 Å². The van der Waals surface area contributed by atoms with E-state index in [0.29, 0.717) is 22.2 Å². The van der Waals surface area contributed by atoms with E-state index < -0.39 is 0 Å². The molecule has 0 saturated heterocycles. The Balaban J connectivity index is 1.67. The summed E-state index contributed by atoms with van der Waals surface area (Å²) in [6.45, 7) is 4.18. The first-order valence-electron chi connectivity index (χ1n) is 10.1. The predicted octanol–water partition coefficient (Wildman–Crippen LogP) is 4.03. The van der Waals surface area contributed by atoms with Crippen molar-refractivity contribution in [3.05, 3.63) is 71.4 Å². The summed E-state index contributed by atoms with van der Waals surface area (Å²) in [4.78, 5) is 14.2. The van der Waals surface area contributed by atoms with Crippen LogP contribution in [-0.4, -0.2) is 34.7 Å². The summed E-state index contributed by atoms with van der Waals surface area (Å²) in [6.07, 6.45) is 8.29. The Labute approximate surface area is 185 Å². The van der Waals surface area contributed by atoms with E-state index in [1.54, 1.807) is 24.3 Å². The largest absolute Gasteiger partial charge is 0.463 e. The first-order valence-corrected chi connectivity index (χ1v) is 11.1. The van der Waals surface area contributed by atoms with Gasteiger partial charge in [0.2, 0.25) is 5.91 Å². The van der Waals surface area contributed by atoms with E-state index in [0.717, 1.165) is 25.7 Å². The summed E-state index contributed by atoms with van der Waals surface area (Å²) in [5, 5.41) is 8.54. The molecule has 3 rings (SSSR count). The second kappa shape index (κ2) is 11.4. The van der Waals surface area contributed by atoms with E-state index in [4.69, 9.17) is 10.3 Å². The van der Waals surface area contributed by atoms with Crippen LogP contribution in [0.1, 0.15) is 43.4 Å². The number of carbonyl (C=O) groups is 1. The zero-order valence-corrected chi connectivity index (χ0v) is 18.0. The lowest BCUT2D eigenvalue weighted by atomic mass is 9.94. The molecule has 1 aromatic heterocycles. The number of nitrogens with one attached hydrogen (secondary N) is 1.